The molecule has 0 bridgehead atoms. The molecule has 9 heteroatoms. The quantitative estimate of drug-likeness (QED) is 0.578. The number of nitro benzene ring substituents is 1. The van der Waals surface area contributed by atoms with Crippen molar-refractivity contribution in [3.63, 3.8) is 0 Å². The minimum absolute atomic E-state index is 0.0141. The molecule has 1 aliphatic heterocycles. The first kappa shape index (κ1) is 14.4. The minimum Gasteiger partial charge on any atom is -0.454 e. The van der Waals surface area contributed by atoms with Crippen LogP contribution in [0.5, 0.6) is 11.5 Å². The Labute approximate surface area is 138 Å². The third kappa shape index (κ3) is 2.50. The molecule has 120 valence electrons. The summed E-state index contributed by atoms with van der Waals surface area (Å²) in [7, 11) is 0. The van der Waals surface area contributed by atoms with Gasteiger partial charge in [-0.3, -0.25) is 20.2 Å². The standard InChI is InChI=1S/C15H9N3O5S/c19-14(8-1-4-11-12(5-8)23-7-22-11)17-15-16-10-3-2-9(18(20)21)6-13(10)24-15/h1-6H,7H2,(H,16,17,19). The highest BCUT2D eigenvalue weighted by molar-refractivity contribution is 7.22. The van der Waals surface area contributed by atoms with Crippen LogP contribution in [0, 0.1) is 10.1 Å². The van der Waals surface area contributed by atoms with Crippen molar-refractivity contribution < 1.29 is 19.2 Å². The van der Waals surface area contributed by atoms with Crippen molar-refractivity contribution in [3.8, 4) is 11.5 Å². The van der Waals surface area contributed by atoms with Gasteiger partial charge in [0.25, 0.3) is 11.6 Å². The first-order chi connectivity index (χ1) is 11.6. The summed E-state index contributed by atoms with van der Waals surface area (Å²) in [5.74, 6) is 0.767. The molecule has 3 aromatic rings. The molecule has 0 saturated heterocycles. The molecular weight excluding hydrogens is 334 g/mol. The lowest BCUT2D eigenvalue weighted by Gasteiger charge is -2.02. The fourth-order valence-electron chi connectivity index (χ4n) is 2.29. The Kier molecular flexibility index (Phi) is 3.28. The van der Waals surface area contributed by atoms with E-state index < -0.39 is 4.92 Å². The summed E-state index contributed by atoms with van der Waals surface area (Å²) in [5.41, 5.74) is 0.982. The van der Waals surface area contributed by atoms with Gasteiger partial charge in [-0.1, -0.05) is 11.3 Å². The number of rotatable bonds is 3. The predicted molar refractivity (Wildman–Crippen MR) is 86.8 cm³/mol. The van der Waals surface area contributed by atoms with Gasteiger partial charge in [0, 0.05) is 17.7 Å². The van der Waals surface area contributed by atoms with E-state index in [-0.39, 0.29) is 18.4 Å². The zero-order valence-electron chi connectivity index (χ0n) is 12.0. The number of benzene rings is 2. The average Bonchev–Trinajstić information content (AvgIpc) is 3.18. The molecule has 2 heterocycles. The Bertz CT molecular complexity index is 984. The third-order valence-electron chi connectivity index (χ3n) is 3.44. The lowest BCUT2D eigenvalue weighted by Crippen LogP contribution is -2.11. The van der Waals surface area contributed by atoms with Crippen molar-refractivity contribution in [3.05, 3.63) is 52.1 Å². The number of hydrogen-bond acceptors (Lipinski definition) is 7. The minimum atomic E-state index is -0.468. The van der Waals surface area contributed by atoms with Crippen LogP contribution in [0.4, 0.5) is 10.8 Å². The van der Waals surface area contributed by atoms with E-state index in [2.05, 4.69) is 10.3 Å². The molecule has 8 nitrogen and oxygen atoms in total. The van der Waals surface area contributed by atoms with Crippen LogP contribution in [-0.4, -0.2) is 22.6 Å². The Morgan fingerprint density at radius 1 is 1.21 bits per heavy atom. The number of hydrogen-bond donors (Lipinski definition) is 1. The van der Waals surface area contributed by atoms with Gasteiger partial charge in [0.05, 0.1) is 15.1 Å². The maximum atomic E-state index is 12.3. The second kappa shape index (κ2) is 5.46. The number of anilines is 1. The smallest absolute Gasteiger partial charge is 0.270 e. The van der Waals surface area contributed by atoms with E-state index in [0.717, 1.165) is 0 Å². The molecule has 1 aromatic heterocycles. The summed E-state index contributed by atoms with van der Waals surface area (Å²) in [5, 5.41) is 13.9. The monoisotopic (exact) mass is 343 g/mol. The van der Waals surface area contributed by atoms with Crippen molar-refractivity contribution in [2.24, 2.45) is 0 Å². The van der Waals surface area contributed by atoms with Crippen LogP contribution in [0.15, 0.2) is 36.4 Å². The maximum Gasteiger partial charge on any atom is 0.270 e. The van der Waals surface area contributed by atoms with Crippen LogP contribution < -0.4 is 14.8 Å². The van der Waals surface area contributed by atoms with Crippen molar-refractivity contribution in [1.29, 1.82) is 0 Å². The van der Waals surface area contributed by atoms with Crippen LogP contribution in [0.1, 0.15) is 10.4 Å². The topological polar surface area (TPSA) is 104 Å². The van der Waals surface area contributed by atoms with Crippen LogP contribution >= 0.6 is 11.3 Å². The molecule has 2 aromatic carbocycles. The van der Waals surface area contributed by atoms with Gasteiger partial charge >= 0.3 is 0 Å². The highest BCUT2D eigenvalue weighted by atomic mass is 32.1. The normalized spacial score (nSPS) is 12.3. The summed E-state index contributed by atoms with van der Waals surface area (Å²) in [6, 6.07) is 9.25. The lowest BCUT2D eigenvalue weighted by molar-refractivity contribution is -0.384. The third-order valence-corrected chi connectivity index (χ3v) is 4.37. The number of fused-ring (bicyclic) bond motifs is 2. The fraction of sp³-hybridized carbons (Fsp3) is 0.0667. The number of carbonyl (C=O) groups excluding carboxylic acids is 1. The molecule has 1 N–H and O–H groups in total. The van der Waals surface area contributed by atoms with Crippen LogP contribution in [0.3, 0.4) is 0 Å². The molecule has 4 rings (SSSR count). The van der Waals surface area contributed by atoms with Gasteiger partial charge in [-0.05, 0) is 24.3 Å². The predicted octanol–water partition coefficient (Wildman–Crippen LogP) is 3.19. The molecule has 0 unspecified atom stereocenters. The Hall–Kier alpha value is -3.20. The van der Waals surface area contributed by atoms with Crippen molar-refractivity contribution in [2.75, 3.05) is 12.1 Å². The second-order valence-corrected chi connectivity index (χ2v) is 5.98. The summed E-state index contributed by atoms with van der Waals surface area (Å²) < 4.78 is 11.1. The number of ether oxygens (including phenoxy) is 2. The largest absolute Gasteiger partial charge is 0.454 e. The molecule has 0 atom stereocenters. The van der Waals surface area contributed by atoms with E-state index >= 15 is 0 Å². The number of amides is 1. The maximum absolute atomic E-state index is 12.3. The number of nitro groups is 1. The zero-order valence-corrected chi connectivity index (χ0v) is 12.8. The SMILES string of the molecule is O=C(Nc1nc2ccc([N+](=O)[O-])cc2s1)c1ccc2c(c1)OCO2. The van der Waals surface area contributed by atoms with Crippen molar-refractivity contribution in [2.45, 2.75) is 0 Å². The Morgan fingerprint density at radius 3 is 2.88 bits per heavy atom. The molecule has 0 aliphatic carbocycles. The first-order valence-corrected chi connectivity index (χ1v) is 7.68. The Balaban J connectivity index is 1.59. The van der Waals surface area contributed by atoms with E-state index in [1.165, 1.54) is 23.5 Å². The number of nitrogens with zero attached hydrogens (tertiary/aromatic N) is 2. The number of carbonyl (C=O) groups is 1. The van der Waals surface area contributed by atoms with E-state index in [1.807, 2.05) is 0 Å². The summed E-state index contributed by atoms with van der Waals surface area (Å²) in [6.07, 6.45) is 0. The summed E-state index contributed by atoms with van der Waals surface area (Å²) >= 11 is 1.17. The number of nitrogens with one attached hydrogen (secondary N) is 1. The molecule has 0 fully saturated rings. The van der Waals surface area contributed by atoms with E-state index in [9.17, 15) is 14.9 Å². The highest BCUT2D eigenvalue weighted by Crippen LogP contribution is 2.33. The van der Waals surface area contributed by atoms with Crippen LogP contribution in [0.2, 0.25) is 0 Å². The number of thiazole rings is 1. The fourth-order valence-corrected chi connectivity index (χ4v) is 3.18. The molecule has 0 radical (unpaired) electrons. The molecule has 1 amide bonds. The van der Waals surface area contributed by atoms with Gasteiger partial charge in [0.1, 0.15) is 0 Å². The second-order valence-electron chi connectivity index (χ2n) is 4.95. The van der Waals surface area contributed by atoms with Crippen LogP contribution in [-0.2, 0) is 0 Å². The molecule has 0 spiro atoms. The van der Waals surface area contributed by atoms with Crippen molar-refractivity contribution in [1.82, 2.24) is 4.98 Å². The lowest BCUT2D eigenvalue weighted by atomic mass is 10.2. The van der Waals surface area contributed by atoms with Crippen LogP contribution in [0.25, 0.3) is 10.2 Å². The summed E-state index contributed by atoms with van der Waals surface area (Å²) in [6.45, 7) is 0.136. The Morgan fingerprint density at radius 2 is 2.04 bits per heavy atom. The van der Waals surface area contributed by atoms with E-state index in [1.54, 1.807) is 24.3 Å². The molecule has 0 saturated carbocycles. The highest BCUT2D eigenvalue weighted by Gasteiger charge is 2.17. The van der Waals surface area contributed by atoms with Gasteiger partial charge in [-0.25, -0.2) is 4.98 Å². The molecular formula is C15H9N3O5S. The van der Waals surface area contributed by atoms with E-state index in [0.29, 0.717) is 32.4 Å². The number of non-ortho nitro benzene ring substituents is 1. The molecule has 24 heavy (non-hydrogen) atoms. The van der Waals surface area contributed by atoms with Gasteiger partial charge in [0.2, 0.25) is 6.79 Å². The van der Waals surface area contributed by atoms with E-state index in [4.69, 9.17) is 9.47 Å². The van der Waals surface area contributed by atoms with Gasteiger partial charge in [-0.15, -0.1) is 0 Å². The van der Waals surface area contributed by atoms with Gasteiger partial charge < -0.3 is 9.47 Å². The van der Waals surface area contributed by atoms with Gasteiger partial charge in [-0.2, -0.15) is 0 Å². The zero-order chi connectivity index (χ0) is 16.7. The summed E-state index contributed by atoms with van der Waals surface area (Å²) in [4.78, 5) is 26.9. The molecule has 1 aliphatic rings. The van der Waals surface area contributed by atoms with Crippen molar-refractivity contribution >= 4 is 38.3 Å². The van der Waals surface area contributed by atoms with Gasteiger partial charge in [0.15, 0.2) is 16.6 Å². The first-order valence-electron chi connectivity index (χ1n) is 6.86. The average molecular weight is 343 g/mol. The number of aromatic nitrogens is 1.